The number of hydrogen-bond donors (Lipinski definition) is 3. The van der Waals surface area contributed by atoms with E-state index in [1.165, 1.54) is 6.07 Å². The first-order valence-electron chi connectivity index (χ1n) is 4.15. The van der Waals surface area contributed by atoms with Crippen molar-refractivity contribution in [3.8, 4) is 11.8 Å². The maximum atomic E-state index is 12.2. The number of rotatable bonds is 3. The van der Waals surface area contributed by atoms with Crippen LogP contribution in [-0.4, -0.2) is 15.0 Å². The van der Waals surface area contributed by atoms with Crippen LogP contribution in [0.15, 0.2) is 20.8 Å². The minimum absolute atomic E-state index is 0.0583. The number of ether oxygens (including phenoxy) is 1. The Kier molecular flexibility index (Phi) is 4.44. The molecular weight excluding hydrogens is 306 g/mol. The largest absolute Gasteiger partial charge is 0.432 e. The van der Waals surface area contributed by atoms with Crippen molar-refractivity contribution < 1.29 is 21.9 Å². The van der Waals surface area contributed by atoms with Gasteiger partial charge in [-0.15, -0.1) is 25.3 Å². The van der Waals surface area contributed by atoms with Gasteiger partial charge in [0.15, 0.2) is 5.75 Å². The summed E-state index contributed by atoms with van der Waals surface area (Å²) in [5, 5.41) is 13.7. The van der Waals surface area contributed by atoms with Gasteiger partial charge in [-0.05, 0) is 6.07 Å². The van der Waals surface area contributed by atoms with Crippen molar-refractivity contribution in [2.24, 2.45) is 5.14 Å². The predicted molar refractivity (Wildman–Crippen MR) is 63.7 cm³/mol. The number of nitrogens with zero attached hydrogens (tertiary/aromatic N) is 1. The van der Waals surface area contributed by atoms with Crippen LogP contribution in [0.5, 0.6) is 5.75 Å². The summed E-state index contributed by atoms with van der Waals surface area (Å²) < 4.78 is 51.0. The molecule has 0 aromatic heterocycles. The van der Waals surface area contributed by atoms with Crippen LogP contribution in [0.4, 0.5) is 8.78 Å². The third kappa shape index (κ3) is 3.05. The van der Waals surface area contributed by atoms with Gasteiger partial charge in [0, 0.05) is 4.90 Å². The number of alkyl halides is 2. The van der Waals surface area contributed by atoms with Crippen molar-refractivity contribution in [3.63, 3.8) is 0 Å². The zero-order valence-corrected chi connectivity index (χ0v) is 11.1. The fraction of sp³-hybridized carbons (Fsp3) is 0.125. The monoisotopic (exact) mass is 312 g/mol. The van der Waals surface area contributed by atoms with Crippen LogP contribution in [0.1, 0.15) is 5.56 Å². The first-order chi connectivity index (χ1) is 8.18. The second-order valence-corrected chi connectivity index (χ2v) is 5.44. The van der Waals surface area contributed by atoms with E-state index in [1.807, 2.05) is 0 Å². The first kappa shape index (κ1) is 15.0. The van der Waals surface area contributed by atoms with E-state index in [0.29, 0.717) is 0 Å². The Labute approximate surface area is 112 Å². The van der Waals surface area contributed by atoms with Crippen LogP contribution >= 0.6 is 25.3 Å². The maximum absolute atomic E-state index is 12.2. The number of halogens is 2. The lowest BCUT2D eigenvalue weighted by molar-refractivity contribution is -0.0522. The summed E-state index contributed by atoms with van der Waals surface area (Å²) in [6.07, 6.45) is 0. The molecule has 0 spiro atoms. The molecule has 0 aliphatic heterocycles. The Morgan fingerprint density at radius 2 is 2.00 bits per heavy atom. The van der Waals surface area contributed by atoms with Crippen LogP contribution in [0, 0.1) is 11.3 Å². The minimum Gasteiger partial charge on any atom is -0.432 e. The fourth-order valence-corrected chi connectivity index (χ4v) is 2.40. The van der Waals surface area contributed by atoms with Crippen molar-refractivity contribution in [1.82, 2.24) is 0 Å². The first-order valence-corrected chi connectivity index (χ1v) is 6.59. The number of thiol groups is 2. The number of primary sulfonamides is 1. The lowest BCUT2D eigenvalue weighted by atomic mass is 10.2. The molecule has 0 radical (unpaired) electrons. The Balaban J connectivity index is 3.69. The van der Waals surface area contributed by atoms with Crippen molar-refractivity contribution in [1.29, 1.82) is 5.26 Å². The molecule has 98 valence electrons. The van der Waals surface area contributed by atoms with E-state index in [4.69, 9.17) is 10.4 Å². The second-order valence-electron chi connectivity index (χ2n) is 2.98. The van der Waals surface area contributed by atoms with Crippen LogP contribution in [0.25, 0.3) is 0 Å². The van der Waals surface area contributed by atoms with E-state index < -0.39 is 32.8 Å². The molecule has 0 fully saturated rings. The summed E-state index contributed by atoms with van der Waals surface area (Å²) in [5.74, 6) is -0.674. The van der Waals surface area contributed by atoms with E-state index >= 15 is 0 Å². The molecule has 0 unspecified atom stereocenters. The zero-order valence-electron chi connectivity index (χ0n) is 8.46. The number of benzene rings is 1. The van der Waals surface area contributed by atoms with E-state index in [1.54, 1.807) is 0 Å². The molecule has 0 bridgehead atoms. The average molecular weight is 312 g/mol. The molecular formula is C8H6F2N2O3S3. The molecule has 5 nitrogen and oxygen atoms in total. The Morgan fingerprint density at radius 3 is 2.39 bits per heavy atom. The summed E-state index contributed by atoms with van der Waals surface area (Å²) in [7, 11) is -4.27. The van der Waals surface area contributed by atoms with Crippen molar-refractivity contribution in [3.05, 3.63) is 11.6 Å². The van der Waals surface area contributed by atoms with Crippen molar-refractivity contribution in [2.75, 3.05) is 0 Å². The molecule has 1 aromatic carbocycles. The van der Waals surface area contributed by atoms with Gasteiger partial charge in [0.2, 0.25) is 10.0 Å². The smallest absolute Gasteiger partial charge is 0.387 e. The van der Waals surface area contributed by atoms with Gasteiger partial charge in [-0.25, -0.2) is 13.6 Å². The molecule has 1 aromatic rings. The Bertz CT molecular complexity index is 625. The molecule has 0 saturated heterocycles. The molecule has 0 atom stereocenters. The summed E-state index contributed by atoms with van der Waals surface area (Å²) >= 11 is 7.68. The van der Waals surface area contributed by atoms with E-state index in [2.05, 4.69) is 30.0 Å². The average Bonchev–Trinajstić information content (AvgIpc) is 2.22. The third-order valence-electron chi connectivity index (χ3n) is 1.82. The van der Waals surface area contributed by atoms with Crippen molar-refractivity contribution >= 4 is 35.3 Å². The second kappa shape index (κ2) is 5.31. The minimum atomic E-state index is -4.27. The van der Waals surface area contributed by atoms with Crippen LogP contribution in [0.3, 0.4) is 0 Å². The normalized spacial score (nSPS) is 11.4. The lowest BCUT2D eigenvalue weighted by Gasteiger charge is -2.13. The van der Waals surface area contributed by atoms with E-state index in [9.17, 15) is 17.2 Å². The number of hydrogen-bond acceptors (Lipinski definition) is 6. The third-order valence-corrected chi connectivity index (χ3v) is 3.73. The molecule has 18 heavy (non-hydrogen) atoms. The van der Waals surface area contributed by atoms with Gasteiger partial charge in [0.25, 0.3) is 0 Å². The van der Waals surface area contributed by atoms with Gasteiger partial charge in [-0.1, -0.05) is 0 Å². The molecule has 0 aliphatic rings. The standard InChI is InChI=1S/C8H6F2N2O3S3/c9-8(10)15-6-3(2-11)5(18(12,13)14)1-4(16)7(6)17/h1,8,16-17H,(H2,12,13,14). The Hall–Kier alpha value is -1.02. The summed E-state index contributed by atoms with van der Waals surface area (Å²) in [4.78, 5) is -0.886. The molecule has 0 heterocycles. The van der Waals surface area contributed by atoms with Gasteiger partial charge in [0.05, 0.1) is 4.90 Å². The number of sulfonamides is 1. The van der Waals surface area contributed by atoms with Crippen molar-refractivity contribution in [2.45, 2.75) is 21.3 Å². The van der Waals surface area contributed by atoms with Gasteiger partial charge >= 0.3 is 6.61 Å². The summed E-state index contributed by atoms with van der Waals surface area (Å²) in [6.45, 7) is -3.24. The molecule has 0 amide bonds. The van der Waals surface area contributed by atoms with Crippen LogP contribution in [-0.2, 0) is 10.0 Å². The van der Waals surface area contributed by atoms with Gasteiger partial charge in [-0.3, -0.25) is 0 Å². The maximum Gasteiger partial charge on any atom is 0.387 e. The quantitative estimate of drug-likeness (QED) is 0.735. The Morgan fingerprint density at radius 1 is 1.44 bits per heavy atom. The summed E-state index contributed by atoms with van der Waals surface area (Å²) in [5.41, 5.74) is -0.638. The molecule has 1 rings (SSSR count). The number of nitriles is 1. The highest BCUT2D eigenvalue weighted by Crippen LogP contribution is 2.37. The predicted octanol–water partition coefficient (Wildman–Crippen LogP) is 1.38. The highest BCUT2D eigenvalue weighted by atomic mass is 32.2. The summed E-state index contributed by atoms with van der Waals surface area (Å²) in [6, 6.07) is 2.39. The van der Waals surface area contributed by atoms with E-state index in [-0.39, 0.29) is 9.79 Å². The zero-order chi connectivity index (χ0) is 14.1. The van der Waals surface area contributed by atoms with E-state index in [0.717, 1.165) is 6.07 Å². The van der Waals surface area contributed by atoms with Crippen LogP contribution in [0.2, 0.25) is 0 Å². The van der Waals surface area contributed by atoms with Crippen LogP contribution < -0.4 is 9.88 Å². The molecule has 0 aliphatic carbocycles. The van der Waals surface area contributed by atoms with Gasteiger partial charge in [-0.2, -0.15) is 14.0 Å². The topological polar surface area (TPSA) is 93.2 Å². The highest BCUT2D eigenvalue weighted by Gasteiger charge is 2.24. The molecule has 0 saturated carbocycles. The van der Waals surface area contributed by atoms with Gasteiger partial charge in [0.1, 0.15) is 16.5 Å². The lowest BCUT2D eigenvalue weighted by Crippen LogP contribution is -2.16. The molecule has 2 N–H and O–H groups in total. The number of nitrogens with two attached hydrogens (primary N) is 1. The fourth-order valence-electron chi connectivity index (χ4n) is 1.15. The SMILES string of the molecule is N#Cc1c(S(N)(=O)=O)cc(S)c(S)c1OC(F)F. The highest BCUT2D eigenvalue weighted by molar-refractivity contribution is 7.89. The van der Waals surface area contributed by atoms with Gasteiger partial charge < -0.3 is 4.74 Å². The molecule has 10 heteroatoms.